The number of hydrogen-bond acceptors (Lipinski definition) is 4. The molecule has 2 aromatic carbocycles. The SMILES string of the molecule is Cc1c(C)c2c3c(c(C)c(C)c4c3c1C(=O)C4=O)C(=O)C2=O. The Morgan fingerprint density at radius 2 is 0.591 bits per heavy atom. The maximum atomic E-state index is 12.4. The molecule has 0 aromatic heterocycles. The standard InChI is InChI=1S/C18H12O4/c1-5-6(2)10-14-12(18(22)16(10)20)8(4)7(3)11-13(14)9(5)15(19)17(11)21/h1-4H3. The number of rotatable bonds is 0. The van der Waals surface area contributed by atoms with Gasteiger partial charge in [-0.3, -0.25) is 19.2 Å². The zero-order valence-corrected chi connectivity index (χ0v) is 12.6. The van der Waals surface area contributed by atoms with E-state index in [0.29, 0.717) is 55.3 Å². The van der Waals surface area contributed by atoms with Gasteiger partial charge >= 0.3 is 0 Å². The van der Waals surface area contributed by atoms with Gasteiger partial charge in [0.15, 0.2) is 0 Å². The van der Waals surface area contributed by atoms with E-state index in [1.165, 1.54) is 0 Å². The molecule has 4 heteroatoms. The van der Waals surface area contributed by atoms with Crippen LogP contribution in [0.1, 0.15) is 63.7 Å². The fourth-order valence-electron chi connectivity index (χ4n) is 3.84. The summed E-state index contributed by atoms with van der Waals surface area (Å²) in [4.78, 5) is 49.6. The summed E-state index contributed by atoms with van der Waals surface area (Å²) in [6.07, 6.45) is 0. The van der Waals surface area contributed by atoms with Crippen LogP contribution in [0.2, 0.25) is 0 Å². The Balaban J connectivity index is 2.46. The van der Waals surface area contributed by atoms with Crippen LogP contribution in [0.3, 0.4) is 0 Å². The largest absolute Gasteiger partial charge is 0.285 e. The second-order valence-corrected chi connectivity index (χ2v) is 6.07. The first-order valence-corrected chi connectivity index (χ1v) is 7.07. The molecule has 0 saturated heterocycles. The van der Waals surface area contributed by atoms with Crippen molar-refractivity contribution in [1.82, 2.24) is 0 Å². The highest BCUT2D eigenvalue weighted by molar-refractivity contribution is 6.63. The number of ketones is 4. The van der Waals surface area contributed by atoms with Gasteiger partial charge in [-0.2, -0.15) is 0 Å². The Kier molecular flexibility index (Phi) is 2.13. The van der Waals surface area contributed by atoms with Crippen LogP contribution < -0.4 is 0 Å². The molecular formula is C18H12O4. The Morgan fingerprint density at radius 1 is 0.409 bits per heavy atom. The van der Waals surface area contributed by atoms with E-state index in [9.17, 15) is 19.2 Å². The van der Waals surface area contributed by atoms with Crippen molar-refractivity contribution in [3.63, 3.8) is 0 Å². The van der Waals surface area contributed by atoms with Crippen molar-refractivity contribution in [2.45, 2.75) is 27.7 Å². The molecule has 4 rings (SSSR count). The van der Waals surface area contributed by atoms with E-state index in [4.69, 9.17) is 0 Å². The minimum absolute atomic E-state index is 0.364. The molecule has 0 N–H and O–H groups in total. The van der Waals surface area contributed by atoms with Crippen molar-refractivity contribution in [1.29, 1.82) is 0 Å². The lowest BCUT2D eigenvalue weighted by molar-refractivity contribution is 0.0822. The van der Waals surface area contributed by atoms with Crippen molar-refractivity contribution in [2.75, 3.05) is 0 Å². The Bertz CT molecular complexity index is 861. The summed E-state index contributed by atoms with van der Waals surface area (Å²) >= 11 is 0. The Labute approximate surface area is 126 Å². The van der Waals surface area contributed by atoms with Gasteiger partial charge in [-0.25, -0.2) is 0 Å². The molecule has 4 nitrogen and oxygen atoms in total. The van der Waals surface area contributed by atoms with E-state index in [1.54, 1.807) is 27.7 Å². The van der Waals surface area contributed by atoms with E-state index in [1.807, 2.05) is 0 Å². The molecule has 0 saturated carbocycles. The lowest BCUT2D eigenvalue weighted by atomic mass is 9.88. The Morgan fingerprint density at radius 3 is 0.773 bits per heavy atom. The van der Waals surface area contributed by atoms with E-state index < -0.39 is 23.1 Å². The van der Waals surface area contributed by atoms with Crippen molar-refractivity contribution in [3.05, 3.63) is 44.5 Å². The summed E-state index contributed by atoms with van der Waals surface area (Å²) < 4.78 is 0. The van der Waals surface area contributed by atoms with Crippen LogP contribution in [0.15, 0.2) is 0 Å². The smallest absolute Gasteiger partial charge is 0.234 e. The van der Waals surface area contributed by atoms with Gasteiger partial charge in [-0.05, 0) is 49.9 Å². The van der Waals surface area contributed by atoms with Gasteiger partial charge in [-0.1, -0.05) is 0 Å². The highest BCUT2D eigenvalue weighted by Gasteiger charge is 2.43. The van der Waals surface area contributed by atoms with Crippen molar-refractivity contribution >= 4 is 33.9 Å². The zero-order valence-electron chi connectivity index (χ0n) is 12.6. The molecule has 0 amide bonds. The van der Waals surface area contributed by atoms with Crippen molar-refractivity contribution in [3.8, 4) is 0 Å². The predicted octanol–water partition coefficient (Wildman–Crippen LogP) is 2.83. The van der Waals surface area contributed by atoms with Crippen molar-refractivity contribution in [2.24, 2.45) is 0 Å². The van der Waals surface area contributed by atoms with Crippen LogP contribution in [-0.4, -0.2) is 23.1 Å². The van der Waals surface area contributed by atoms with Crippen molar-refractivity contribution < 1.29 is 19.2 Å². The fraction of sp³-hybridized carbons (Fsp3) is 0.222. The molecule has 0 radical (unpaired) electrons. The zero-order chi connectivity index (χ0) is 16.1. The number of carbonyl (C=O) groups excluding carboxylic acids is 4. The molecule has 0 bridgehead atoms. The van der Waals surface area contributed by atoms with E-state index in [-0.39, 0.29) is 0 Å². The average molecular weight is 292 g/mol. The van der Waals surface area contributed by atoms with Crippen LogP contribution in [-0.2, 0) is 0 Å². The molecule has 0 unspecified atom stereocenters. The fourth-order valence-corrected chi connectivity index (χ4v) is 3.84. The monoisotopic (exact) mass is 292 g/mol. The maximum absolute atomic E-state index is 12.4. The van der Waals surface area contributed by atoms with E-state index in [2.05, 4.69) is 0 Å². The van der Waals surface area contributed by atoms with Crippen LogP contribution >= 0.6 is 0 Å². The number of Topliss-reactive ketones (excluding diaryl/α,β-unsaturated/α-hetero) is 4. The van der Waals surface area contributed by atoms with E-state index in [0.717, 1.165) is 0 Å². The summed E-state index contributed by atoms with van der Waals surface area (Å²) in [6.45, 7) is 6.91. The minimum Gasteiger partial charge on any atom is -0.285 e. The molecule has 2 aliphatic rings. The minimum atomic E-state index is -0.534. The molecule has 0 atom stereocenters. The van der Waals surface area contributed by atoms with Gasteiger partial charge in [0.05, 0.1) is 0 Å². The van der Waals surface area contributed by atoms with Crippen LogP contribution in [0, 0.1) is 27.7 Å². The molecule has 0 aliphatic heterocycles. The van der Waals surface area contributed by atoms with Gasteiger partial charge in [-0.15, -0.1) is 0 Å². The predicted molar refractivity (Wildman–Crippen MR) is 80.2 cm³/mol. The third-order valence-electron chi connectivity index (χ3n) is 5.20. The number of carbonyl (C=O) groups is 4. The summed E-state index contributed by atoms with van der Waals surface area (Å²) in [5, 5.41) is 1.01. The Hall–Kier alpha value is -2.62. The summed E-state index contributed by atoms with van der Waals surface area (Å²) in [7, 11) is 0. The molecule has 22 heavy (non-hydrogen) atoms. The lowest BCUT2D eigenvalue weighted by Gasteiger charge is -2.13. The third kappa shape index (κ3) is 1.09. The first-order chi connectivity index (χ1) is 10.3. The third-order valence-corrected chi connectivity index (χ3v) is 5.20. The normalized spacial score (nSPS) is 15.6. The van der Waals surface area contributed by atoms with Gasteiger partial charge < -0.3 is 0 Å². The summed E-state index contributed by atoms with van der Waals surface area (Å²) in [6, 6.07) is 0. The molecule has 108 valence electrons. The second kappa shape index (κ2) is 3.58. The summed E-state index contributed by atoms with van der Waals surface area (Å²) in [5.41, 5.74) is 3.94. The molecular weight excluding hydrogens is 280 g/mol. The second-order valence-electron chi connectivity index (χ2n) is 6.07. The molecule has 2 aromatic rings. The first kappa shape index (κ1) is 13.1. The highest BCUT2D eigenvalue weighted by Crippen LogP contribution is 2.45. The van der Waals surface area contributed by atoms with Crippen LogP contribution in [0.4, 0.5) is 0 Å². The molecule has 0 spiro atoms. The molecule has 2 aliphatic carbocycles. The van der Waals surface area contributed by atoms with Gasteiger partial charge in [0.1, 0.15) is 0 Å². The van der Waals surface area contributed by atoms with Gasteiger partial charge in [0, 0.05) is 33.0 Å². The summed E-state index contributed by atoms with van der Waals surface area (Å²) in [5.74, 6) is -2.13. The number of benzene rings is 2. The van der Waals surface area contributed by atoms with E-state index >= 15 is 0 Å². The van der Waals surface area contributed by atoms with Crippen LogP contribution in [0.5, 0.6) is 0 Å². The number of hydrogen-bond donors (Lipinski definition) is 0. The lowest BCUT2D eigenvalue weighted by Crippen LogP contribution is -2.13. The van der Waals surface area contributed by atoms with Gasteiger partial charge in [0.2, 0.25) is 23.1 Å². The van der Waals surface area contributed by atoms with Crippen LogP contribution in [0.25, 0.3) is 10.8 Å². The first-order valence-electron chi connectivity index (χ1n) is 7.07. The highest BCUT2D eigenvalue weighted by atomic mass is 16.2. The van der Waals surface area contributed by atoms with Gasteiger partial charge in [0.25, 0.3) is 0 Å². The molecule has 0 heterocycles. The maximum Gasteiger partial charge on any atom is 0.234 e. The quantitative estimate of drug-likeness (QED) is 0.700. The average Bonchev–Trinajstić information content (AvgIpc) is 2.89. The molecule has 0 fully saturated rings. The topological polar surface area (TPSA) is 68.3 Å².